The number of benzene rings is 1. The molecule has 0 radical (unpaired) electrons. The third-order valence-corrected chi connectivity index (χ3v) is 1.49. The first-order chi connectivity index (χ1) is 6.76. The molecule has 3 N–H and O–H groups in total. The highest BCUT2D eigenvalue weighted by molar-refractivity contribution is 5.82. The monoisotopic (exact) mass is 190 g/mol. The third-order valence-electron chi connectivity index (χ3n) is 1.49. The largest absolute Gasteiger partial charge is 0.497 e. The number of aliphatic imine (C=N–C) groups is 1. The summed E-state index contributed by atoms with van der Waals surface area (Å²) in [5, 5.41) is 10.5. The summed E-state index contributed by atoms with van der Waals surface area (Å²) in [6, 6.07) is 7.06. The molecule has 5 heteroatoms. The SMILES string of the molecule is COc1cccc(N=C(N)NC#N)c1. The predicted molar refractivity (Wildman–Crippen MR) is 53.0 cm³/mol. The number of nitrogens with two attached hydrogens (primary N) is 1. The maximum Gasteiger partial charge on any atom is 0.207 e. The molecule has 0 aliphatic heterocycles. The van der Waals surface area contributed by atoms with Crippen LogP contribution in [0.4, 0.5) is 5.69 Å². The average molecular weight is 190 g/mol. The van der Waals surface area contributed by atoms with Crippen molar-refractivity contribution in [1.82, 2.24) is 5.32 Å². The summed E-state index contributed by atoms with van der Waals surface area (Å²) in [4.78, 5) is 3.94. The van der Waals surface area contributed by atoms with Gasteiger partial charge in [0.05, 0.1) is 12.8 Å². The highest BCUT2D eigenvalue weighted by Gasteiger charge is 1.94. The van der Waals surface area contributed by atoms with Crippen molar-refractivity contribution in [2.45, 2.75) is 0 Å². The van der Waals surface area contributed by atoms with Gasteiger partial charge in [0, 0.05) is 6.07 Å². The zero-order valence-corrected chi connectivity index (χ0v) is 7.69. The van der Waals surface area contributed by atoms with Gasteiger partial charge < -0.3 is 10.5 Å². The molecule has 0 saturated heterocycles. The Morgan fingerprint density at radius 3 is 3.07 bits per heavy atom. The predicted octanol–water partition coefficient (Wildman–Crippen LogP) is 0.712. The van der Waals surface area contributed by atoms with Crippen LogP contribution in [-0.2, 0) is 0 Å². The van der Waals surface area contributed by atoms with Crippen LogP contribution < -0.4 is 15.8 Å². The normalized spacial score (nSPS) is 10.4. The van der Waals surface area contributed by atoms with Crippen LogP contribution in [0.3, 0.4) is 0 Å². The molecule has 0 spiro atoms. The maximum absolute atomic E-state index is 8.27. The van der Waals surface area contributed by atoms with Crippen LogP contribution in [0, 0.1) is 11.5 Å². The van der Waals surface area contributed by atoms with E-state index in [4.69, 9.17) is 15.7 Å². The molecule has 0 fully saturated rings. The standard InChI is InChI=1S/C9H10N4O/c1-14-8-4-2-3-7(5-8)13-9(11)12-6-10/h2-5H,1H3,(H3,11,12,13). The van der Waals surface area contributed by atoms with Gasteiger partial charge in [-0.1, -0.05) is 6.07 Å². The van der Waals surface area contributed by atoms with Gasteiger partial charge >= 0.3 is 0 Å². The molecule has 1 rings (SSSR count). The van der Waals surface area contributed by atoms with Crippen molar-refractivity contribution >= 4 is 11.6 Å². The molecule has 0 heterocycles. The molecule has 0 aliphatic rings. The fraction of sp³-hybridized carbons (Fsp3) is 0.111. The summed E-state index contributed by atoms with van der Waals surface area (Å²) in [7, 11) is 1.57. The Hall–Kier alpha value is -2.22. The lowest BCUT2D eigenvalue weighted by Crippen LogP contribution is -2.26. The smallest absolute Gasteiger partial charge is 0.207 e. The second-order valence-corrected chi connectivity index (χ2v) is 2.44. The maximum atomic E-state index is 8.27. The summed E-state index contributed by atoms with van der Waals surface area (Å²) in [6.07, 6.45) is 1.68. The van der Waals surface area contributed by atoms with Crippen molar-refractivity contribution in [3.8, 4) is 11.9 Å². The molecular weight excluding hydrogens is 180 g/mol. The van der Waals surface area contributed by atoms with Crippen molar-refractivity contribution in [3.63, 3.8) is 0 Å². The van der Waals surface area contributed by atoms with Crippen LogP contribution in [0.1, 0.15) is 0 Å². The number of nitrogens with one attached hydrogen (secondary N) is 1. The van der Waals surface area contributed by atoms with Gasteiger partial charge in [-0.3, -0.25) is 5.32 Å². The fourth-order valence-corrected chi connectivity index (χ4v) is 0.904. The van der Waals surface area contributed by atoms with Gasteiger partial charge in [-0.25, -0.2) is 4.99 Å². The van der Waals surface area contributed by atoms with Crippen LogP contribution in [-0.4, -0.2) is 13.1 Å². The lowest BCUT2D eigenvalue weighted by molar-refractivity contribution is 0.415. The van der Waals surface area contributed by atoms with E-state index in [1.165, 1.54) is 0 Å². The second kappa shape index (κ2) is 4.72. The molecule has 5 nitrogen and oxygen atoms in total. The number of ether oxygens (including phenoxy) is 1. The first kappa shape index (κ1) is 9.86. The lowest BCUT2D eigenvalue weighted by atomic mass is 10.3. The number of nitrogens with zero attached hydrogens (tertiary/aromatic N) is 2. The van der Waals surface area contributed by atoms with E-state index >= 15 is 0 Å². The van der Waals surface area contributed by atoms with Gasteiger partial charge in [-0.2, -0.15) is 5.26 Å². The molecule has 0 saturated carbocycles. The first-order valence-electron chi connectivity index (χ1n) is 3.89. The number of rotatable bonds is 2. The highest BCUT2D eigenvalue weighted by atomic mass is 16.5. The quantitative estimate of drug-likeness (QED) is 0.311. The van der Waals surface area contributed by atoms with Crippen molar-refractivity contribution in [2.24, 2.45) is 10.7 Å². The molecule has 0 aliphatic carbocycles. The first-order valence-corrected chi connectivity index (χ1v) is 3.89. The van der Waals surface area contributed by atoms with Gasteiger partial charge in [0.1, 0.15) is 5.75 Å². The molecule has 14 heavy (non-hydrogen) atoms. The number of methoxy groups -OCH3 is 1. The Morgan fingerprint density at radius 2 is 2.43 bits per heavy atom. The third kappa shape index (κ3) is 2.68. The van der Waals surface area contributed by atoms with E-state index in [-0.39, 0.29) is 5.96 Å². The topological polar surface area (TPSA) is 83.4 Å². The molecular formula is C9H10N4O. The molecule has 0 aromatic heterocycles. The van der Waals surface area contributed by atoms with Crippen LogP contribution in [0.25, 0.3) is 0 Å². The van der Waals surface area contributed by atoms with E-state index in [1.54, 1.807) is 37.6 Å². The molecule has 0 amide bonds. The fourth-order valence-electron chi connectivity index (χ4n) is 0.904. The average Bonchev–Trinajstić information content (AvgIpc) is 2.18. The van der Waals surface area contributed by atoms with Gasteiger partial charge in [-0.05, 0) is 12.1 Å². The second-order valence-electron chi connectivity index (χ2n) is 2.44. The summed E-state index contributed by atoms with van der Waals surface area (Å²) >= 11 is 0. The summed E-state index contributed by atoms with van der Waals surface area (Å²) in [5.41, 5.74) is 6.01. The Balaban J connectivity index is 2.86. The van der Waals surface area contributed by atoms with E-state index in [0.29, 0.717) is 11.4 Å². The zero-order valence-electron chi connectivity index (χ0n) is 7.69. The van der Waals surface area contributed by atoms with Gasteiger partial charge in [0.25, 0.3) is 0 Å². The van der Waals surface area contributed by atoms with Crippen LogP contribution >= 0.6 is 0 Å². The van der Waals surface area contributed by atoms with E-state index in [0.717, 1.165) is 0 Å². The van der Waals surface area contributed by atoms with Crippen molar-refractivity contribution < 1.29 is 4.74 Å². The Kier molecular flexibility index (Phi) is 3.33. The number of guanidine groups is 1. The van der Waals surface area contributed by atoms with Gasteiger partial charge in [0.15, 0.2) is 6.19 Å². The van der Waals surface area contributed by atoms with Gasteiger partial charge in [-0.15, -0.1) is 0 Å². The van der Waals surface area contributed by atoms with Gasteiger partial charge in [0.2, 0.25) is 5.96 Å². The van der Waals surface area contributed by atoms with Crippen molar-refractivity contribution in [3.05, 3.63) is 24.3 Å². The van der Waals surface area contributed by atoms with Crippen molar-refractivity contribution in [1.29, 1.82) is 5.26 Å². The molecule has 72 valence electrons. The number of hydrogen-bond donors (Lipinski definition) is 2. The summed E-state index contributed by atoms with van der Waals surface area (Å²) in [6.45, 7) is 0. The highest BCUT2D eigenvalue weighted by Crippen LogP contribution is 2.18. The van der Waals surface area contributed by atoms with Crippen LogP contribution in [0.15, 0.2) is 29.3 Å². The minimum Gasteiger partial charge on any atom is -0.497 e. The van der Waals surface area contributed by atoms with Crippen LogP contribution in [0.5, 0.6) is 5.75 Å². The Morgan fingerprint density at radius 1 is 1.64 bits per heavy atom. The Labute approximate surface area is 81.8 Å². The van der Waals surface area contributed by atoms with E-state index in [1.807, 2.05) is 0 Å². The number of nitriles is 1. The minimum absolute atomic E-state index is 0.0563. The van der Waals surface area contributed by atoms with E-state index < -0.39 is 0 Å². The molecule has 1 aromatic carbocycles. The summed E-state index contributed by atoms with van der Waals surface area (Å²) < 4.78 is 5.00. The zero-order chi connectivity index (χ0) is 10.4. The lowest BCUT2D eigenvalue weighted by Gasteiger charge is -2.00. The molecule has 1 aromatic rings. The molecule has 0 atom stereocenters. The number of hydrogen-bond acceptors (Lipinski definition) is 3. The summed E-state index contributed by atoms with van der Waals surface area (Å²) in [5.74, 6) is 0.747. The molecule has 0 bridgehead atoms. The van der Waals surface area contributed by atoms with E-state index in [9.17, 15) is 0 Å². The van der Waals surface area contributed by atoms with Crippen molar-refractivity contribution in [2.75, 3.05) is 7.11 Å². The van der Waals surface area contributed by atoms with E-state index in [2.05, 4.69) is 10.3 Å². The minimum atomic E-state index is 0.0563. The van der Waals surface area contributed by atoms with Crippen LogP contribution in [0.2, 0.25) is 0 Å². The molecule has 0 unspecified atom stereocenters. The Bertz CT molecular complexity index is 381.